The SMILES string of the molecule is C=C/C=C(\C=C/C)C(=O)c1ccc(O)cc1O. The Labute approximate surface area is 100 Å². The van der Waals surface area contributed by atoms with Crippen LogP contribution in [0.2, 0.25) is 0 Å². The predicted molar refractivity (Wildman–Crippen MR) is 67.2 cm³/mol. The monoisotopic (exact) mass is 230 g/mol. The Morgan fingerprint density at radius 1 is 1.35 bits per heavy atom. The third kappa shape index (κ3) is 3.08. The van der Waals surface area contributed by atoms with Crippen molar-refractivity contribution in [1.29, 1.82) is 0 Å². The van der Waals surface area contributed by atoms with Crippen molar-refractivity contribution in [2.45, 2.75) is 6.92 Å². The average molecular weight is 230 g/mol. The number of allylic oxidation sites excluding steroid dienone is 5. The molecule has 3 nitrogen and oxygen atoms in total. The van der Waals surface area contributed by atoms with Gasteiger partial charge in [0.15, 0.2) is 5.78 Å². The Kier molecular flexibility index (Phi) is 4.29. The van der Waals surface area contributed by atoms with Gasteiger partial charge in [-0.05, 0) is 19.1 Å². The molecule has 1 aromatic carbocycles. The number of ketones is 1. The summed E-state index contributed by atoms with van der Waals surface area (Å²) in [5.41, 5.74) is 0.567. The fraction of sp³-hybridized carbons (Fsp3) is 0.0714. The van der Waals surface area contributed by atoms with Gasteiger partial charge in [-0.25, -0.2) is 0 Å². The van der Waals surface area contributed by atoms with Crippen molar-refractivity contribution in [3.05, 3.63) is 60.2 Å². The van der Waals surface area contributed by atoms with Crippen LogP contribution in [0.15, 0.2) is 54.7 Å². The minimum absolute atomic E-state index is 0.0840. The third-order valence-corrected chi connectivity index (χ3v) is 2.13. The number of aromatic hydroxyl groups is 2. The van der Waals surface area contributed by atoms with Crippen LogP contribution in [0.4, 0.5) is 0 Å². The molecule has 0 aliphatic heterocycles. The van der Waals surface area contributed by atoms with E-state index in [2.05, 4.69) is 6.58 Å². The number of carbonyl (C=O) groups is 1. The van der Waals surface area contributed by atoms with Crippen molar-refractivity contribution in [2.24, 2.45) is 0 Å². The molecule has 0 atom stereocenters. The van der Waals surface area contributed by atoms with Crippen LogP contribution in [0.1, 0.15) is 17.3 Å². The van der Waals surface area contributed by atoms with E-state index in [1.165, 1.54) is 18.2 Å². The summed E-state index contributed by atoms with van der Waals surface area (Å²) in [7, 11) is 0. The van der Waals surface area contributed by atoms with E-state index >= 15 is 0 Å². The normalized spacial score (nSPS) is 11.7. The molecular weight excluding hydrogens is 216 g/mol. The summed E-state index contributed by atoms with van der Waals surface area (Å²) in [6.45, 7) is 5.32. The number of phenols is 2. The minimum atomic E-state index is -0.319. The van der Waals surface area contributed by atoms with Crippen molar-refractivity contribution in [2.75, 3.05) is 0 Å². The van der Waals surface area contributed by atoms with Gasteiger partial charge in [0, 0.05) is 11.6 Å². The number of hydrogen-bond acceptors (Lipinski definition) is 3. The van der Waals surface area contributed by atoms with Gasteiger partial charge in [-0.15, -0.1) is 0 Å². The Morgan fingerprint density at radius 2 is 2.06 bits per heavy atom. The largest absolute Gasteiger partial charge is 0.508 e. The van der Waals surface area contributed by atoms with E-state index in [-0.39, 0.29) is 22.8 Å². The molecule has 0 fully saturated rings. The molecule has 0 amide bonds. The van der Waals surface area contributed by atoms with Gasteiger partial charge in [-0.2, -0.15) is 0 Å². The smallest absolute Gasteiger partial charge is 0.196 e. The molecule has 0 saturated heterocycles. The molecule has 0 aliphatic rings. The van der Waals surface area contributed by atoms with Gasteiger partial charge in [0.25, 0.3) is 0 Å². The maximum Gasteiger partial charge on any atom is 0.196 e. The van der Waals surface area contributed by atoms with Gasteiger partial charge >= 0.3 is 0 Å². The summed E-state index contributed by atoms with van der Waals surface area (Å²) < 4.78 is 0. The molecule has 0 spiro atoms. The summed E-state index contributed by atoms with van der Waals surface area (Å²) in [6.07, 6.45) is 6.43. The van der Waals surface area contributed by atoms with Gasteiger partial charge in [0.1, 0.15) is 11.5 Å². The summed E-state index contributed by atoms with van der Waals surface area (Å²) in [5.74, 6) is -0.644. The van der Waals surface area contributed by atoms with E-state index in [0.717, 1.165) is 6.07 Å². The lowest BCUT2D eigenvalue weighted by Gasteiger charge is -2.04. The molecule has 3 heteroatoms. The molecule has 88 valence electrons. The maximum absolute atomic E-state index is 12.0. The first-order valence-corrected chi connectivity index (χ1v) is 5.12. The molecule has 17 heavy (non-hydrogen) atoms. The second kappa shape index (κ2) is 5.70. The van der Waals surface area contributed by atoms with Gasteiger partial charge in [0.05, 0.1) is 5.56 Å². The molecule has 0 unspecified atom stereocenters. The van der Waals surface area contributed by atoms with Crippen LogP contribution in [0.3, 0.4) is 0 Å². The molecule has 1 aromatic rings. The summed E-state index contributed by atoms with van der Waals surface area (Å²) in [5, 5.41) is 18.7. The zero-order valence-electron chi connectivity index (χ0n) is 9.55. The Morgan fingerprint density at radius 3 is 2.59 bits per heavy atom. The number of benzene rings is 1. The summed E-state index contributed by atoms with van der Waals surface area (Å²) >= 11 is 0. The molecule has 2 N–H and O–H groups in total. The Balaban J connectivity index is 3.19. The van der Waals surface area contributed by atoms with Crippen LogP contribution in [-0.2, 0) is 0 Å². The zero-order chi connectivity index (χ0) is 12.8. The first-order chi connectivity index (χ1) is 8.10. The van der Waals surface area contributed by atoms with Crippen molar-refractivity contribution in [1.82, 2.24) is 0 Å². The summed E-state index contributed by atoms with van der Waals surface area (Å²) in [4.78, 5) is 12.0. The molecule has 0 bridgehead atoms. The van der Waals surface area contributed by atoms with Crippen LogP contribution >= 0.6 is 0 Å². The predicted octanol–water partition coefficient (Wildman–Crippen LogP) is 2.97. The quantitative estimate of drug-likeness (QED) is 0.475. The van der Waals surface area contributed by atoms with Crippen molar-refractivity contribution in [3.63, 3.8) is 0 Å². The standard InChI is InChI=1S/C14H14O3/c1-3-5-10(6-4-2)14(17)12-8-7-11(15)9-13(12)16/h3-9,15-16H,1H2,2H3/b6-4-,10-5+. The minimum Gasteiger partial charge on any atom is -0.508 e. The number of rotatable bonds is 4. The van der Waals surface area contributed by atoms with E-state index in [1.807, 2.05) is 0 Å². The Hall–Kier alpha value is -2.29. The lowest BCUT2D eigenvalue weighted by atomic mass is 10.0. The van der Waals surface area contributed by atoms with Crippen LogP contribution < -0.4 is 0 Å². The molecule has 0 aliphatic carbocycles. The highest BCUT2D eigenvalue weighted by Gasteiger charge is 2.14. The topological polar surface area (TPSA) is 57.5 Å². The second-order valence-electron chi connectivity index (χ2n) is 3.39. The molecule has 0 heterocycles. The highest BCUT2D eigenvalue weighted by molar-refractivity contribution is 6.12. The van der Waals surface area contributed by atoms with Crippen LogP contribution in [0.25, 0.3) is 0 Å². The molecular formula is C14H14O3. The highest BCUT2D eigenvalue weighted by atomic mass is 16.3. The van der Waals surface area contributed by atoms with E-state index in [9.17, 15) is 9.90 Å². The van der Waals surface area contributed by atoms with E-state index in [4.69, 9.17) is 5.11 Å². The molecule has 0 aromatic heterocycles. The van der Waals surface area contributed by atoms with Crippen molar-refractivity contribution < 1.29 is 15.0 Å². The van der Waals surface area contributed by atoms with E-state index < -0.39 is 0 Å². The van der Waals surface area contributed by atoms with Crippen LogP contribution in [0.5, 0.6) is 11.5 Å². The van der Waals surface area contributed by atoms with E-state index in [0.29, 0.717) is 5.57 Å². The number of hydrogen-bond donors (Lipinski definition) is 2. The Bertz CT molecular complexity index is 496. The number of phenolic OH excluding ortho intramolecular Hbond substituents is 2. The van der Waals surface area contributed by atoms with Crippen molar-refractivity contribution >= 4 is 5.78 Å². The molecule has 1 rings (SSSR count). The second-order valence-corrected chi connectivity index (χ2v) is 3.39. The van der Waals surface area contributed by atoms with E-state index in [1.54, 1.807) is 25.2 Å². The number of Topliss-reactive ketones (excluding diaryl/α,β-unsaturated/α-hetero) is 1. The molecule has 0 saturated carbocycles. The van der Waals surface area contributed by atoms with Gasteiger partial charge in [-0.1, -0.05) is 30.9 Å². The van der Waals surface area contributed by atoms with Gasteiger partial charge < -0.3 is 10.2 Å². The maximum atomic E-state index is 12.0. The zero-order valence-corrected chi connectivity index (χ0v) is 9.55. The third-order valence-electron chi connectivity index (χ3n) is 2.13. The van der Waals surface area contributed by atoms with Crippen LogP contribution in [-0.4, -0.2) is 16.0 Å². The highest BCUT2D eigenvalue weighted by Crippen LogP contribution is 2.25. The lowest BCUT2D eigenvalue weighted by Crippen LogP contribution is -2.01. The molecule has 0 radical (unpaired) electrons. The average Bonchev–Trinajstić information content (AvgIpc) is 2.28. The van der Waals surface area contributed by atoms with Crippen LogP contribution in [0, 0.1) is 0 Å². The lowest BCUT2D eigenvalue weighted by molar-refractivity contribution is 0.103. The van der Waals surface area contributed by atoms with Crippen molar-refractivity contribution in [3.8, 4) is 11.5 Å². The van der Waals surface area contributed by atoms with Gasteiger partial charge in [-0.3, -0.25) is 4.79 Å². The first-order valence-electron chi connectivity index (χ1n) is 5.12. The summed E-state index contributed by atoms with van der Waals surface area (Å²) in [6, 6.07) is 3.87. The fourth-order valence-corrected chi connectivity index (χ4v) is 1.38. The fourth-order valence-electron chi connectivity index (χ4n) is 1.38. The first kappa shape index (κ1) is 12.8. The number of carbonyl (C=O) groups excluding carboxylic acids is 1. The van der Waals surface area contributed by atoms with Gasteiger partial charge in [0.2, 0.25) is 0 Å².